The van der Waals surface area contributed by atoms with Gasteiger partial charge in [-0.2, -0.15) is 0 Å². The molecule has 2 amide bonds. The summed E-state index contributed by atoms with van der Waals surface area (Å²) in [5.74, 6) is 0.525. The lowest BCUT2D eigenvalue weighted by Crippen LogP contribution is -2.52. The van der Waals surface area contributed by atoms with Gasteiger partial charge in [-0.05, 0) is 49.6 Å². The number of hydrogen-bond acceptors (Lipinski definition) is 4. The Kier molecular flexibility index (Phi) is 4.78. The monoisotopic (exact) mass is 321 g/mol. The Hall–Kier alpha value is -1.40. The number of nitrogens with two attached hydrogens (primary N) is 1. The van der Waals surface area contributed by atoms with Crippen molar-refractivity contribution in [2.75, 3.05) is 26.2 Å². The van der Waals surface area contributed by atoms with E-state index in [0.29, 0.717) is 19.0 Å². The van der Waals surface area contributed by atoms with Crippen LogP contribution in [0.15, 0.2) is 17.5 Å². The van der Waals surface area contributed by atoms with Gasteiger partial charge in [0, 0.05) is 19.6 Å². The van der Waals surface area contributed by atoms with Crippen LogP contribution in [0.4, 0.5) is 0 Å². The number of thiophene rings is 1. The average molecular weight is 321 g/mol. The molecule has 0 spiro atoms. The van der Waals surface area contributed by atoms with Crippen molar-refractivity contribution in [1.82, 2.24) is 9.80 Å². The SMILES string of the molecule is NCC1CCN(C(=O)C2CCCCN2C(=O)c2cccs2)C1. The van der Waals surface area contributed by atoms with Gasteiger partial charge in [0.2, 0.25) is 5.91 Å². The van der Waals surface area contributed by atoms with Crippen LogP contribution in [0.2, 0.25) is 0 Å². The third-order valence-corrected chi connectivity index (χ3v) is 5.57. The summed E-state index contributed by atoms with van der Waals surface area (Å²) in [6.45, 7) is 2.83. The molecular formula is C16H23N3O2S. The first kappa shape index (κ1) is 15.5. The van der Waals surface area contributed by atoms with Crippen LogP contribution in [0.1, 0.15) is 35.4 Å². The summed E-state index contributed by atoms with van der Waals surface area (Å²) in [4.78, 5) is 29.9. The highest BCUT2D eigenvalue weighted by Crippen LogP contribution is 2.25. The van der Waals surface area contributed by atoms with E-state index in [1.807, 2.05) is 22.4 Å². The smallest absolute Gasteiger partial charge is 0.264 e. The van der Waals surface area contributed by atoms with Crippen LogP contribution in [0.25, 0.3) is 0 Å². The van der Waals surface area contributed by atoms with E-state index in [2.05, 4.69) is 0 Å². The van der Waals surface area contributed by atoms with Gasteiger partial charge in [0.05, 0.1) is 4.88 Å². The van der Waals surface area contributed by atoms with E-state index in [1.165, 1.54) is 11.3 Å². The summed E-state index contributed by atoms with van der Waals surface area (Å²) in [6, 6.07) is 3.42. The molecule has 22 heavy (non-hydrogen) atoms. The second kappa shape index (κ2) is 6.79. The number of carbonyl (C=O) groups excluding carboxylic acids is 2. The van der Waals surface area contributed by atoms with Crippen LogP contribution in [0, 0.1) is 5.92 Å². The average Bonchev–Trinajstić information content (AvgIpc) is 3.24. The largest absolute Gasteiger partial charge is 0.341 e. The highest BCUT2D eigenvalue weighted by molar-refractivity contribution is 7.12. The van der Waals surface area contributed by atoms with Gasteiger partial charge in [0.1, 0.15) is 6.04 Å². The Bertz CT molecular complexity index is 532. The molecule has 2 saturated heterocycles. The molecule has 0 aromatic carbocycles. The molecule has 0 aliphatic carbocycles. The number of piperidine rings is 1. The molecule has 3 rings (SSSR count). The van der Waals surface area contributed by atoms with E-state index in [4.69, 9.17) is 5.73 Å². The molecule has 0 saturated carbocycles. The molecule has 6 heteroatoms. The summed E-state index contributed by atoms with van der Waals surface area (Å²) < 4.78 is 0. The first-order chi connectivity index (χ1) is 10.7. The maximum atomic E-state index is 12.8. The summed E-state index contributed by atoms with van der Waals surface area (Å²) in [6.07, 6.45) is 3.75. The molecule has 0 radical (unpaired) electrons. The molecule has 5 nitrogen and oxygen atoms in total. The first-order valence-corrected chi connectivity index (χ1v) is 8.92. The summed E-state index contributed by atoms with van der Waals surface area (Å²) >= 11 is 1.44. The maximum Gasteiger partial charge on any atom is 0.264 e. The second-order valence-electron chi connectivity index (χ2n) is 6.16. The Morgan fingerprint density at radius 3 is 2.82 bits per heavy atom. The van der Waals surface area contributed by atoms with Gasteiger partial charge in [0.25, 0.3) is 5.91 Å². The quantitative estimate of drug-likeness (QED) is 0.918. The second-order valence-corrected chi connectivity index (χ2v) is 7.11. The van der Waals surface area contributed by atoms with Crippen LogP contribution >= 0.6 is 11.3 Å². The lowest BCUT2D eigenvalue weighted by molar-refractivity contribution is -0.136. The van der Waals surface area contributed by atoms with Crippen molar-refractivity contribution in [3.8, 4) is 0 Å². The molecule has 2 atom stereocenters. The molecule has 2 aliphatic heterocycles. The molecule has 120 valence electrons. The number of carbonyl (C=O) groups is 2. The third kappa shape index (κ3) is 3.03. The topological polar surface area (TPSA) is 66.6 Å². The lowest BCUT2D eigenvalue weighted by atomic mass is 10.0. The Labute approximate surface area is 135 Å². The zero-order chi connectivity index (χ0) is 15.5. The van der Waals surface area contributed by atoms with Crippen LogP contribution in [0.5, 0.6) is 0 Å². The standard InChI is InChI=1S/C16H23N3O2S/c17-10-12-6-8-18(11-12)15(20)13-4-1-2-7-19(13)16(21)14-5-3-9-22-14/h3,5,9,12-13H,1-2,4,6-8,10-11,17H2. The van der Waals surface area contributed by atoms with Gasteiger partial charge in [-0.3, -0.25) is 9.59 Å². The fourth-order valence-electron chi connectivity index (χ4n) is 3.41. The van der Waals surface area contributed by atoms with Crippen LogP contribution in [-0.2, 0) is 4.79 Å². The summed E-state index contributed by atoms with van der Waals surface area (Å²) in [7, 11) is 0. The zero-order valence-corrected chi connectivity index (χ0v) is 13.6. The number of hydrogen-bond donors (Lipinski definition) is 1. The van der Waals surface area contributed by atoms with Crippen molar-refractivity contribution in [1.29, 1.82) is 0 Å². The van der Waals surface area contributed by atoms with Gasteiger partial charge < -0.3 is 15.5 Å². The Morgan fingerprint density at radius 2 is 2.14 bits per heavy atom. The molecule has 0 bridgehead atoms. The number of amides is 2. The fourth-order valence-corrected chi connectivity index (χ4v) is 4.09. The highest BCUT2D eigenvalue weighted by Gasteiger charge is 2.37. The maximum absolute atomic E-state index is 12.8. The third-order valence-electron chi connectivity index (χ3n) is 4.71. The van der Waals surface area contributed by atoms with Crippen molar-refractivity contribution in [3.63, 3.8) is 0 Å². The molecule has 2 fully saturated rings. The van der Waals surface area contributed by atoms with Gasteiger partial charge in [-0.1, -0.05) is 6.07 Å². The number of rotatable bonds is 3. The molecule has 1 aromatic rings. The first-order valence-electron chi connectivity index (χ1n) is 8.04. The summed E-state index contributed by atoms with van der Waals surface area (Å²) in [5, 5.41) is 1.90. The predicted octanol–water partition coefficient (Wildman–Crippen LogP) is 1.55. The van der Waals surface area contributed by atoms with E-state index in [9.17, 15) is 9.59 Å². The molecule has 2 aliphatic rings. The van der Waals surface area contributed by atoms with Gasteiger partial charge in [-0.25, -0.2) is 0 Å². The van der Waals surface area contributed by atoms with E-state index < -0.39 is 0 Å². The minimum absolute atomic E-state index is 0.00243. The van der Waals surface area contributed by atoms with Gasteiger partial charge >= 0.3 is 0 Å². The van der Waals surface area contributed by atoms with Crippen molar-refractivity contribution in [2.24, 2.45) is 11.7 Å². The number of likely N-dealkylation sites (tertiary alicyclic amines) is 2. The minimum atomic E-state index is -0.292. The van der Waals surface area contributed by atoms with Crippen molar-refractivity contribution < 1.29 is 9.59 Å². The number of nitrogens with zero attached hydrogens (tertiary/aromatic N) is 2. The molecule has 3 heterocycles. The normalized spacial score (nSPS) is 25.5. The predicted molar refractivity (Wildman–Crippen MR) is 86.7 cm³/mol. The van der Waals surface area contributed by atoms with Crippen molar-refractivity contribution in [2.45, 2.75) is 31.7 Å². The van der Waals surface area contributed by atoms with Crippen LogP contribution in [0.3, 0.4) is 0 Å². The summed E-state index contributed by atoms with van der Waals surface area (Å²) in [5.41, 5.74) is 5.71. The van der Waals surface area contributed by atoms with Crippen molar-refractivity contribution in [3.05, 3.63) is 22.4 Å². The molecule has 2 unspecified atom stereocenters. The van der Waals surface area contributed by atoms with Gasteiger partial charge in [-0.15, -0.1) is 11.3 Å². The van der Waals surface area contributed by atoms with E-state index in [1.54, 1.807) is 4.90 Å². The van der Waals surface area contributed by atoms with E-state index in [0.717, 1.165) is 43.6 Å². The lowest BCUT2D eigenvalue weighted by Gasteiger charge is -2.36. The van der Waals surface area contributed by atoms with Crippen molar-refractivity contribution >= 4 is 23.2 Å². The van der Waals surface area contributed by atoms with Gasteiger partial charge in [0.15, 0.2) is 0 Å². The van der Waals surface area contributed by atoms with Crippen LogP contribution in [-0.4, -0.2) is 53.8 Å². The van der Waals surface area contributed by atoms with E-state index >= 15 is 0 Å². The Balaban J connectivity index is 1.72. The Morgan fingerprint density at radius 1 is 1.27 bits per heavy atom. The van der Waals surface area contributed by atoms with Crippen LogP contribution < -0.4 is 5.73 Å². The molecule has 2 N–H and O–H groups in total. The minimum Gasteiger partial charge on any atom is -0.341 e. The highest BCUT2D eigenvalue weighted by atomic mass is 32.1. The fraction of sp³-hybridized carbons (Fsp3) is 0.625. The zero-order valence-electron chi connectivity index (χ0n) is 12.7. The molecular weight excluding hydrogens is 298 g/mol. The van der Waals surface area contributed by atoms with E-state index in [-0.39, 0.29) is 17.9 Å². The molecule has 1 aromatic heterocycles.